The maximum absolute atomic E-state index is 12.3. The van der Waals surface area contributed by atoms with E-state index < -0.39 is 0 Å². The molecule has 4 aromatic carbocycles. The number of methoxy groups -OCH3 is 1. The molecular weight excluding hydrogens is 422 g/mol. The summed E-state index contributed by atoms with van der Waals surface area (Å²) in [6.45, 7) is 0.750. The zero-order valence-electron chi connectivity index (χ0n) is 18.9. The lowest BCUT2D eigenvalue weighted by Gasteiger charge is -2.09. The van der Waals surface area contributed by atoms with Crippen LogP contribution in [0.4, 0.5) is 0 Å². The van der Waals surface area contributed by atoms with Crippen LogP contribution in [-0.2, 0) is 17.8 Å². The van der Waals surface area contributed by atoms with Gasteiger partial charge in [-0.2, -0.15) is 5.10 Å². The summed E-state index contributed by atoms with van der Waals surface area (Å²) >= 11 is 0. The van der Waals surface area contributed by atoms with Gasteiger partial charge >= 0.3 is 0 Å². The van der Waals surface area contributed by atoms with Crippen LogP contribution in [0.3, 0.4) is 0 Å². The van der Waals surface area contributed by atoms with Gasteiger partial charge in [-0.25, -0.2) is 5.43 Å². The number of hydrogen-bond acceptors (Lipinski definition) is 3. The molecule has 1 aromatic heterocycles. The van der Waals surface area contributed by atoms with Crippen molar-refractivity contribution in [2.45, 2.75) is 13.0 Å². The second kappa shape index (κ2) is 9.63. The Morgan fingerprint density at radius 3 is 2.47 bits per heavy atom. The second-order valence-corrected chi connectivity index (χ2v) is 8.19. The predicted octanol–water partition coefficient (Wildman–Crippen LogP) is 5.54. The summed E-state index contributed by atoms with van der Waals surface area (Å²) in [5.74, 6) is 0.600. The summed E-state index contributed by atoms with van der Waals surface area (Å²) in [6.07, 6.45) is 4.06. The standard InChI is InChI=1S/C29H25N3O2/c1-34-25-15-13-21(14-16-25)17-29(33)31-30-18-24-20-32(28-12-5-4-11-27(24)28)19-23-9-6-8-22-7-2-3-10-26(22)23/h2-16,18,20H,17,19H2,1H3,(H,31,33)/b30-18-. The second-order valence-electron chi connectivity index (χ2n) is 8.19. The van der Waals surface area contributed by atoms with Crippen LogP contribution in [-0.4, -0.2) is 23.8 Å². The molecule has 0 aliphatic carbocycles. The average Bonchev–Trinajstić information content (AvgIpc) is 3.22. The summed E-state index contributed by atoms with van der Waals surface area (Å²) in [4.78, 5) is 12.3. The van der Waals surface area contributed by atoms with E-state index in [2.05, 4.69) is 75.9 Å². The Morgan fingerprint density at radius 1 is 0.912 bits per heavy atom. The minimum Gasteiger partial charge on any atom is -0.497 e. The monoisotopic (exact) mass is 447 g/mol. The maximum atomic E-state index is 12.3. The lowest BCUT2D eigenvalue weighted by molar-refractivity contribution is -0.120. The van der Waals surface area contributed by atoms with Crippen LogP contribution >= 0.6 is 0 Å². The molecule has 0 saturated heterocycles. The number of carbonyl (C=O) groups is 1. The van der Waals surface area contributed by atoms with Crippen molar-refractivity contribution in [3.05, 3.63) is 114 Å². The van der Waals surface area contributed by atoms with Gasteiger partial charge in [0.25, 0.3) is 0 Å². The van der Waals surface area contributed by atoms with E-state index >= 15 is 0 Å². The van der Waals surface area contributed by atoms with Gasteiger partial charge in [-0.05, 0) is 40.1 Å². The first-order valence-electron chi connectivity index (χ1n) is 11.2. The van der Waals surface area contributed by atoms with Gasteiger partial charge in [-0.15, -0.1) is 0 Å². The highest BCUT2D eigenvalue weighted by Gasteiger charge is 2.09. The Kier molecular flexibility index (Phi) is 6.08. The van der Waals surface area contributed by atoms with Crippen molar-refractivity contribution in [3.8, 4) is 5.75 Å². The Morgan fingerprint density at radius 2 is 1.65 bits per heavy atom. The number of hydrazone groups is 1. The number of amides is 1. The fourth-order valence-electron chi connectivity index (χ4n) is 4.26. The van der Waals surface area contributed by atoms with Gasteiger partial charge in [-0.3, -0.25) is 4.79 Å². The van der Waals surface area contributed by atoms with E-state index in [1.54, 1.807) is 13.3 Å². The Labute approximate surface area is 198 Å². The first-order chi connectivity index (χ1) is 16.7. The van der Waals surface area contributed by atoms with Gasteiger partial charge in [0.05, 0.1) is 19.7 Å². The largest absolute Gasteiger partial charge is 0.497 e. The van der Waals surface area contributed by atoms with Crippen LogP contribution in [0.5, 0.6) is 5.75 Å². The molecule has 1 N–H and O–H groups in total. The third kappa shape index (κ3) is 4.55. The number of nitrogens with zero attached hydrogens (tertiary/aromatic N) is 2. The van der Waals surface area contributed by atoms with Gasteiger partial charge < -0.3 is 9.30 Å². The number of hydrogen-bond donors (Lipinski definition) is 1. The molecule has 5 heteroatoms. The highest BCUT2D eigenvalue weighted by atomic mass is 16.5. The third-order valence-corrected chi connectivity index (χ3v) is 5.96. The van der Waals surface area contributed by atoms with Crippen LogP contribution < -0.4 is 10.2 Å². The van der Waals surface area contributed by atoms with Gasteiger partial charge in [0.1, 0.15) is 5.75 Å². The zero-order chi connectivity index (χ0) is 23.3. The Bertz CT molecular complexity index is 1480. The molecule has 5 rings (SSSR count). The molecule has 0 unspecified atom stereocenters. The first kappa shape index (κ1) is 21.5. The minimum atomic E-state index is -0.166. The smallest absolute Gasteiger partial charge is 0.244 e. The topological polar surface area (TPSA) is 55.6 Å². The fraction of sp³-hybridized carbons (Fsp3) is 0.103. The van der Waals surface area contributed by atoms with Crippen molar-refractivity contribution >= 4 is 33.8 Å². The molecule has 5 aromatic rings. The van der Waals surface area contributed by atoms with Crippen molar-refractivity contribution < 1.29 is 9.53 Å². The highest BCUT2D eigenvalue weighted by molar-refractivity contribution is 6.00. The molecule has 0 radical (unpaired) electrons. The quantitative estimate of drug-likeness (QED) is 0.263. The van der Waals surface area contributed by atoms with Crippen molar-refractivity contribution in [3.63, 3.8) is 0 Å². The number of carbonyl (C=O) groups excluding carboxylic acids is 1. The lowest BCUT2D eigenvalue weighted by Crippen LogP contribution is -2.19. The number of fused-ring (bicyclic) bond motifs is 2. The Hall–Kier alpha value is -4.38. The molecule has 0 atom stereocenters. The normalized spacial score (nSPS) is 11.3. The van der Waals surface area contributed by atoms with E-state index in [-0.39, 0.29) is 12.3 Å². The molecule has 168 valence electrons. The molecule has 5 nitrogen and oxygen atoms in total. The number of benzene rings is 4. The SMILES string of the molecule is COc1ccc(CC(=O)N/N=C\c2cn(Cc3cccc4ccccc34)c3ccccc23)cc1. The van der Waals surface area contributed by atoms with Crippen molar-refractivity contribution in [2.75, 3.05) is 7.11 Å². The van der Waals surface area contributed by atoms with Crippen molar-refractivity contribution in [1.29, 1.82) is 0 Å². The van der Waals surface area contributed by atoms with E-state index in [1.165, 1.54) is 16.3 Å². The van der Waals surface area contributed by atoms with Gasteiger partial charge in [0.15, 0.2) is 0 Å². The van der Waals surface area contributed by atoms with E-state index in [0.29, 0.717) is 0 Å². The molecular formula is C29H25N3O2. The fourth-order valence-corrected chi connectivity index (χ4v) is 4.26. The molecule has 0 saturated carbocycles. The zero-order valence-corrected chi connectivity index (χ0v) is 18.9. The number of nitrogens with one attached hydrogen (secondary N) is 1. The highest BCUT2D eigenvalue weighted by Crippen LogP contribution is 2.24. The summed E-state index contributed by atoms with van der Waals surface area (Å²) in [5.41, 5.74) is 6.89. The first-order valence-corrected chi connectivity index (χ1v) is 11.2. The third-order valence-electron chi connectivity index (χ3n) is 5.96. The van der Waals surface area contributed by atoms with Crippen LogP contribution in [0.15, 0.2) is 102 Å². The van der Waals surface area contributed by atoms with E-state index in [1.807, 2.05) is 36.4 Å². The molecule has 0 spiro atoms. The molecule has 0 aliphatic heterocycles. The molecule has 34 heavy (non-hydrogen) atoms. The van der Waals surface area contributed by atoms with E-state index in [0.717, 1.165) is 34.3 Å². The van der Waals surface area contributed by atoms with Crippen LogP contribution in [0.25, 0.3) is 21.7 Å². The van der Waals surface area contributed by atoms with Gasteiger partial charge in [0.2, 0.25) is 5.91 Å². The van der Waals surface area contributed by atoms with Crippen molar-refractivity contribution in [2.24, 2.45) is 5.10 Å². The molecule has 1 amide bonds. The number of rotatable bonds is 7. The summed E-state index contributed by atoms with van der Waals surface area (Å²) in [5, 5.41) is 7.81. The Balaban J connectivity index is 1.35. The number of ether oxygens (including phenoxy) is 1. The number of para-hydroxylation sites is 1. The van der Waals surface area contributed by atoms with E-state index in [4.69, 9.17) is 4.74 Å². The molecule has 0 bridgehead atoms. The average molecular weight is 448 g/mol. The minimum absolute atomic E-state index is 0.166. The number of aromatic nitrogens is 1. The predicted molar refractivity (Wildman–Crippen MR) is 137 cm³/mol. The summed E-state index contributed by atoms with van der Waals surface area (Å²) in [6, 6.07) is 30.5. The maximum Gasteiger partial charge on any atom is 0.244 e. The molecule has 0 fully saturated rings. The molecule has 1 heterocycles. The molecule has 0 aliphatic rings. The van der Waals surface area contributed by atoms with E-state index in [9.17, 15) is 4.79 Å². The van der Waals surface area contributed by atoms with Crippen molar-refractivity contribution in [1.82, 2.24) is 9.99 Å². The lowest BCUT2D eigenvalue weighted by atomic mass is 10.0. The van der Waals surface area contributed by atoms with Crippen LogP contribution in [0, 0.1) is 0 Å². The van der Waals surface area contributed by atoms with Gasteiger partial charge in [-0.1, -0.05) is 72.8 Å². The summed E-state index contributed by atoms with van der Waals surface area (Å²) in [7, 11) is 1.62. The summed E-state index contributed by atoms with van der Waals surface area (Å²) < 4.78 is 7.39. The van der Waals surface area contributed by atoms with Crippen LogP contribution in [0.2, 0.25) is 0 Å². The van der Waals surface area contributed by atoms with Gasteiger partial charge in [0, 0.05) is 29.2 Å². The van der Waals surface area contributed by atoms with Crippen LogP contribution in [0.1, 0.15) is 16.7 Å².